The monoisotopic (exact) mass is 212 g/mol. The van der Waals surface area contributed by atoms with Gasteiger partial charge in [0.05, 0.1) is 13.4 Å². The van der Waals surface area contributed by atoms with E-state index in [0.717, 1.165) is 12.8 Å². The van der Waals surface area contributed by atoms with E-state index in [9.17, 15) is 9.90 Å². The molecule has 1 rings (SSSR count). The van der Waals surface area contributed by atoms with Gasteiger partial charge in [0, 0.05) is 6.42 Å². The van der Waals surface area contributed by atoms with Crippen molar-refractivity contribution in [3.8, 4) is 0 Å². The summed E-state index contributed by atoms with van der Waals surface area (Å²) in [7, 11) is 1.38. The number of hydrogen-bond acceptors (Lipinski definition) is 4. The molecule has 0 aliphatic carbocycles. The first kappa shape index (κ1) is 11.8. The Balaban J connectivity index is 2.13. The maximum absolute atomic E-state index is 10.8. The van der Waals surface area contributed by atoms with E-state index in [1.807, 2.05) is 0 Å². The standard InChI is InChI=1S/C11H16O4/c1-14-11(13)7-3-2-5-9(12)10-6-4-8-15-10/h4,6,8-9,12H,2-3,5,7H2,1H3. The summed E-state index contributed by atoms with van der Waals surface area (Å²) in [6, 6.07) is 3.48. The van der Waals surface area contributed by atoms with Gasteiger partial charge >= 0.3 is 5.97 Å². The Kier molecular flexibility index (Phi) is 4.90. The molecular weight excluding hydrogens is 196 g/mol. The molecule has 0 amide bonds. The Labute approximate surface area is 88.8 Å². The van der Waals surface area contributed by atoms with Gasteiger partial charge in [-0.15, -0.1) is 0 Å². The highest BCUT2D eigenvalue weighted by molar-refractivity contribution is 5.68. The van der Waals surface area contributed by atoms with Crippen LogP contribution in [0.5, 0.6) is 0 Å². The van der Waals surface area contributed by atoms with Crippen molar-refractivity contribution in [2.45, 2.75) is 31.8 Å². The third-order valence-electron chi connectivity index (χ3n) is 2.21. The van der Waals surface area contributed by atoms with Gasteiger partial charge in [-0.2, -0.15) is 0 Å². The zero-order chi connectivity index (χ0) is 11.1. The first-order valence-corrected chi connectivity index (χ1v) is 5.02. The minimum absolute atomic E-state index is 0.206. The number of unbranched alkanes of at least 4 members (excludes halogenated alkanes) is 1. The van der Waals surface area contributed by atoms with E-state index >= 15 is 0 Å². The quantitative estimate of drug-likeness (QED) is 0.579. The first-order valence-electron chi connectivity index (χ1n) is 5.02. The highest BCUT2D eigenvalue weighted by Crippen LogP contribution is 2.19. The van der Waals surface area contributed by atoms with Gasteiger partial charge in [0.15, 0.2) is 0 Å². The molecule has 0 saturated heterocycles. The minimum Gasteiger partial charge on any atom is -0.469 e. The molecule has 1 N–H and O–H groups in total. The predicted molar refractivity (Wildman–Crippen MR) is 54.2 cm³/mol. The van der Waals surface area contributed by atoms with Crippen LogP contribution in [-0.2, 0) is 9.53 Å². The van der Waals surface area contributed by atoms with Gasteiger partial charge in [0.2, 0.25) is 0 Å². The highest BCUT2D eigenvalue weighted by atomic mass is 16.5. The maximum Gasteiger partial charge on any atom is 0.305 e. The highest BCUT2D eigenvalue weighted by Gasteiger charge is 2.10. The molecule has 84 valence electrons. The van der Waals surface area contributed by atoms with Crippen LogP contribution in [0.2, 0.25) is 0 Å². The number of rotatable bonds is 6. The van der Waals surface area contributed by atoms with Crippen molar-refractivity contribution in [1.29, 1.82) is 0 Å². The van der Waals surface area contributed by atoms with E-state index in [1.54, 1.807) is 12.1 Å². The zero-order valence-electron chi connectivity index (χ0n) is 8.81. The van der Waals surface area contributed by atoms with E-state index in [2.05, 4.69) is 4.74 Å². The average Bonchev–Trinajstić information content (AvgIpc) is 2.77. The molecule has 4 heteroatoms. The molecule has 1 unspecified atom stereocenters. The van der Waals surface area contributed by atoms with Gasteiger partial charge < -0.3 is 14.3 Å². The summed E-state index contributed by atoms with van der Waals surface area (Å²) in [5, 5.41) is 9.62. The molecule has 0 aliphatic rings. The average molecular weight is 212 g/mol. The molecule has 0 radical (unpaired) electrons. The molecule has 0 aliphatic heterocycles. The SMILES string of the molecule is COC(=O)CCCCC(O)c1ccco1. The topological polar surface area (TPSA) is 59.7 Å². The van der Waals surface area contributed by atoms with Crippen molar-refractivity contribution in [3.05, 3.63) is 24.2 Å². The fraction of sp³-hybridized carbons (Fsp3) is 0.545. The van der Waals surface area contributed by atoms with Crippen LogP contribution >= 0.6 is 0 Å². The lowest BCUT2D eigenvalue weighted by molar-refractivity contribution is -0.140. The van der Waals surface area contributed by atoms with Crippen LogP contribution in [0, 0.1) is 0 Å². The fourth-order valence-corrected chi connectivity index (χ4v) is 1.33. The molecule has 0 bridgehead atoms. The van der Waals surface area contributed by atoms with Crippen LogP contribution in [0.25, 0.3) is 0 Å². The van der Waals surface area contributed by atoms with Crippen molar-refractivity contribution in [2.24, 2.45) is 0 Å². The van der Waals surface area contributed by atoms with Crippen LogP contribution in [-0.4, -0.2) is 18.2 Å². The second-order valence-corrected chi connectivity index (χ2v) is 3.35. The van der Waals surface area contributed by atoms with Gasteiger partial charge in [-0.25, -0.2) is 0 Å². The summed E-state index contributed by atoms with van der Waals surface area (Å²) in [6.45, 7) is 0. The Hall–Kier alpha value is -1.29. The molecule has 0 spiro atoms. The van der Waals surface area contributed by atoms with Crippen LogP contribution in [0.15, 0.2) is 22.8 Å². The van der Waals surface area contributed by atoms with E-state index in [-0.39, 0.29) is 5.97 Å². The van der Waals surface area contributed by atoms with Crippen molar-refractivity contribution in [3.63, 3.8) is 0 Å². The maximum atomic E-state index is 10.8. The number of carbonyl (C=O) groups excluding carboxylic acids is 1. The molecule has 1 heterocycles. The van der Waals surface area contributed by atoms with Crippen molar-refractivity contribution >= 4 is 5.97 Å². The van der Waals surface area contributed by atoms with Gasteiger partial charge in [-0.3, -0.25) is 4.79 Å². The largest absolute Gasteiger partial charge is 0.469 e. The van der Waals surface area contributed by atoms with Crippen molar-refractivity contribution in [1.82, 2.24) is 0 Å². The van der Waals surface area contributed by atoms with Crippen LogP contribution in [0.4, 0.5) is 0 Å². The third-order valence-corrected chi connectivity index (χ3v) is 2.21. The summed E-state index contributed by atoms with van der Waals surface area (Å²) >= 11 is 0. The van der Waals surface area contributed by atoms with Gasteiger partial charge in [-0.05, 0) is 31.4 Å². The molecule has 0 aromatic carbocycles. The van der Waals surface area contributed by atoms with Crippen LogP contribution in [0.3, 0.4) is 0 Å². The van der Waals surface area contributed by atoms with E-state index in [0.29, 0.717) is 18.6 Å². The lowest BCUT2D eigenvalue weighted by atomic mass is 10.1. The molecule has 0 saturated carbocycles. The second kappa shape index (κ2) is 6.24. The summed E-state index contributed by atoms with van der Waals surface area (Å²) in [5.74, 6) is 0.371. The van der Waals surface area contributed by atoms with E-state index in [1.165, 1.54) is 13.4 Å². The molecule has 15 heavy (non-hydrogen) atoms. The van der Waals surface area contributed by atoms with Crippen LogP contribution in [0.1, 0.15) is 37.5 Å². The number of furan rings is 1. The summed E-state index contributed by atoms with van der Waals surface area (Å²) in [6.07, 6.45) is 3.47. The normalized spacial score (nSPS) is 12.4. The first-order chi connectivity index (χ1) is 7.24. The molecule has 0 fully saturated rings. The third kappa shape index (κ3) is 4.16. The van der Waals surface area contributed by atoms with Crippen LogP contribution < -0.4 is 0 Å². The molecule has 1 aromatic heterocycles. The number of aliphatic hydroxyl groups excluding tert-OH is 1. The Bertz CT molecular complexity index is 279. The zero-order valence-corrected chi connectivity index (χ0v) is 8.81. The van der Waals surface area contributed by atoms with E-state index in [4.69, 9.17) is 4.42 Å². The predicted octanol–water partition coefficient (Wildman–Crippen LogP) is 2.05. The lowest BCUT2D eigenvalue weighted by Crippen LogP contribution is -2.01. The summed E-state index contributed by atoms with van der Waals surface area (Å²) in [5.41, 5.74) is 0. The second-order valence-electron chi connectivity index (χ2n) is 3.35. The number of ether oxygens (including phenoxy) is 1. The lowest BCUT2D eigenvalue weighted by Gasteiger charge is -2.06. The smallest absolute Gasteiger partial charge is 0.305 e. The Morgan fingerprint density at radius 3 is 3.00 bits per heavy atom. The number of methoxy groups -OCH3 is 1. The number of esters is 1. The van der Waals surface area contributed by atoms with Gasteiger partial charge in [0.1, 0.15) is 11.9 Å². The Morgan fingerprint density at radius 2 is 2.40 bits per heavy atom. The molecule has 1 aromatic rings. The van der Waals surface area contributed by atoms with Crippen molar-refractivity contribution in [2.75, 3.05) is 7.11 Å². The van der Waals surface area contributed by atoms with Crippen molar-refractivity contribution < 1.29 is 19.1 Å². The molecular formula is C11H16O4. The summed E-state index contributed by atoms with van der Waals surface area (Å²) < 4.78 is 9.56. The molecule has 4 nitrogen and oxygen atoms in total. The van der Waals surface area contributed by atoms with E-state index < -0.39 is 6.10 Å². The Morgan fingerprint density at radius 1 is 1.60 bits per heavy atom. The number of hydrogen-bond donors (Lipinski definition) is 1. The fourth-order valence-electron chi connectivity index (χ4n) is 1.33. The number of aliphatic hydroxyl groups is 1. The molecule has 1 atom stereocenters. The van der Waals surface area contributed by atoms with Gasteiger partial charge in [0.25, 0.3) is 0 Å². The van der Waals surface area contributed by atoms with Gasteiger partial charge in [-0.1, -0.05) is 0 Å². The summed E-state index contributed by atoms with van der Waals surface area (Å²) in [4.78, 5) is 10.8. The number of carbonyl (C=O) groups is 1. The minimum atomic E-state index is -0.572.